The van der Waals surface area contributed by atoms with Crippen LogP contribution in [0.4, 0.5) is 5.69 Å². The molecule has 0 saturated carbocycles. The Morgan fingerprint density at radius 1 is 1.22 bits per heavy atom. The molecule has 5 nitrogen and oxygen atoms in total. The Morgan fingerprint density at radius 2 is 2.00 bits per heavy atom. The van der Waals surface area contributed by atoms with E-state index in [1.807, 2.05) is 23.1 Å². The zero-order valence-corrected chi connectivity index (χ0v) is 13.9. The maximum atomic E-state index is 12.4. The van der Waals surface area contributed by atoms with Crippen LogP contribution in [0.15, 0.2) is 24.3 Å². The van der Waals surface area contributed by atoms with Crippen LogP contribution in [-0.4, -0.2) is 56.8 Å². The molecular formula is C18H26N2O3. The van der Waals surface area contributed by atoms with Crippen LogP contribution in [0, 0.1) is 0 Å². The first kappa shape index (κ1) is 16.1. The van der Waals surface area contributed by atoms with E-state index in [-0.39, 0.29) is 12.0 Å². The third-order valence-electron chi connectivity index (χ3n) is 4.73. The van der Waals surface area contributed by atoms with Gasteiger partial charge in [0, 0.05) is 32.8 Å². The number of carbonyl (C=O) groups excluding carboxylic acids is 1. The summed E-state index contributed by atoms with van der Waals surface area (Å²) in [4.78, 5) is 16.7. The van der Waals surface area contributed by atoms with Crippen molar-refractivity contribution in [2.75, 3.05) is 44.8 Å². The Balaban J connectivity index is 1.52. The summed E-state index contributed by atoms with van der Waals surface area (Å²) in [7, 11) is 1.70. The van der Waals surface area contributed by atoms with E-state index < -0.39 is 0 Å². The Morgan fingerprint density at radius 3 is 2.70 bits per heavy atom. The van der Waals surface area contributed by atoms with Crippen LogP contribution >= 0.6 is 0 Å². The highest BCUT2D eigenvalue weighted by atomic mass is 16.5. The summed E-state index contributed by atoms with van der Waals surface area (Å²) in [6.07, 6.45) is 3.99. The second kappa shape index (κ2) is 7.68. The number of nitrogens with zero attached hydrogens (tertiary/aromatic N) is 2. The topological polar surface area (TPSA) is 42.0 Å². The number of rotatable bonds is 4. The van der Waals surface area contributed by atoms with Gasteiger partial charge in [-0.3, -0.25) is 4.79 Å². The van der Waals surface area contributed by atoms with Crippen LogP contribution in [0.3, 0.4) is 0 Å². The number of piperazine rings is 1. The van der Waals surface area contributed by atoms with Crippen molar-refractivity contribution in [3.05, 3.63) is 24.3 Å². The number of para-hydroxylation sites is 2. The van der Waals surface area contributed by atoms with Crippen molar-refractivity contribution in [2.24, 2.45) is 0 Å². The molecule has 3 rings (SSSR count). The SMILES string of the molecule is COc1ccccc1N1CCN(C(=O)CC2CCCCO2)CC1. The minimum absolute atomic E-state index is 0.128. The number of hydrogen-bond donors (Lipinski definition) is 0. The van der Waals surface area contributed by atoms with Gasteiger partial charge in [-0.15, -0.1) is 0 Å². The standard InChI is InChI=1S/C18H26N2O3/c1-22-17-8-3-2-7-16(17)19-9-11-20(12-10-19)18(21)14-15-6-4-5-13-23-15/h2-3,7-8,15H,4-6,9-14H2,1H3. The van der Waals surface area contributed by atoms with Crippen LogP contribution in [0.5, 0.6) is 5.75 Å². The third kappa shape index (κ3) is 3.96. The highest BCUT2D eigenvalue weighted by molar-refractivity contribution is 5.77. The highest BCUT2D eigenvalue weighted by Crippen LogP contribution is 2.28. The maximum absolute atomic E-state index is 12.4. The van der Waals surface area contributed by atoms with Gasteiger partial charge in [0.25, 0.3) is 0 Å². The van der Waals surface area contributed by atoms with E-state index in [1.165, 1.54) is 6.42 Å². The quantitative estimate of drug-likeness (QED) is 0.854. The van der Waals surface area contributed by atoms with Crippen molar-refractivity contribution in [2.45, 2.75) is 31.8 Å². The average molecular weight is 318 g/mol. The number of carbonyl (C=O) groups is 1. The molecule has 1 aromatic carbocycles. The summed E-state index contributed by atoms with van der Waals surface area (Å²) in [5, 5.41) is 0. The number of hydrogen-bond acceptors (Lipinski definition) is 4. The van der Waals surface area contributed by atoms with Crippen LogP contribution in [-0.2, 0) is 9.53 Å². The fraction of sp³-hybridized carbons (Fsp3) is 0.611. The Kier molecular flexibility index (Phi) is 5.39. The molecule has 2 saturated heterocycles. The predicted molar refractivity (Wildman–Crippen MR) is 90.0 cm³/mol. The molecule has 1 unspecified atom stereocenters. The van der Waals surface area contributed by atoms with Crippen LogP contribution in [0.1, 0.15) is 25.7 Å². The van der Waals surface area contributed by atoms with Gasteiger partial charge >= 0.3 is 0 Å². The minimum Gasteiger partial charge on any atom is -0.495 e. The van der Waals surface area contributed by atoms with E-state index in [1.54, 1.807) is 7.11 Å². The van der Waals surface area contributed by atoms with E-state index in [0.717, 1.165) is 57.1 Å². The molecule has 2 heterocycles. The molecule has 1 atom stereocenters. The summed E-state index contributed by atoms with van der Waals surface area (Å²) in [5.41, 5.74) is 1.11. The summed E-state index contributed by atoms with van der Waals surface area (Å²) >= 11 is 0. The molecule has 0 spiro atoms. The Hall–Kier alpha value is -1.75. The molecular weight excluding hydrogens is 292 g/mol. The van der Waals surface area contributed by atoms with E-state index in [0.29, 0.717) is 6.42 Å². The first-order valence-corrected chi connectivity index (χ1v) is 8.55. The van der Waals surface area contributed by atoms with Crippen molar-refractivity contribution < 1.29 is 14.3 Å². The van der Waals surface area contributed by atoms with Crippen molar-refractivity contribution >= 4 is 11.6 Å². The van der Waals surface area contributed by atoms with E-state index in [4.69, 9.17) is 9.47 Å². The molecule has 0 bridgehead atoms. The van der Waals surface area contributed by atoms with Crippen LogP contribution in [0.2, 0.25) is 0 Å². The van der Waals surface area contributed by atoms with Crippen molar-refractivity contribution in [3.63, 3.8) is 0 Å². The summed E-state index contributed by atoms with van der Waals surface area (Å²) in [6.45, 7) is 4.03. The zero-order valence-electron chi connectivity index (χ0n) is 13.9. The summed E-state index contributed by atoms with van der Waals surface area (Å²) < 4.78 is 11.1. The van der Waals surface area contributed by atoms with E-state index >= 15 is 0 Å². The lowest BCUT2D eigenvalue weighted by molar-refractivity contribution is -0.135. The zero-order chi connectivity index (χ0) is 16.1. The van der Waals surface area contributed by atoms with E-state index in [2.05, 4.69) is 11.0 Å². The van der Waals surface area contributed by atoms with Crippen molar-refractivity contribution in [1.82, 2.24) is 4.90 Å². The molecule has 5 heteroatoms. The van der Waals surface area contributed by atoms with Gasteiger partial charge in [0.05, 0.1) is 25.3 Å². The smallest absolute Gasteiger partial charge is 0.225 e. The van der Waals surface area contributed by atoms with Crippen molar-refractivity contribution in [3.8, 4) is 5.75 Å². The molecule has 2 aliphatic rings. The summed E-state index contributed by atoms with van der Waals surface area (Å²) in [6, 6.07) is 8.06. The molecule has 0 aromatic heterocycles. The van der Waals surface area contributed by atoms with Gasteiger partial charge in [-0.05, 0) is 31.4 Å². The second-order valence-corrected chi connectivity index (χ2v) is 6.23. The number of benzene rings is 1. The Labute approximate surface area is 138 Å². The monoisotopic (exact) mass is 318 g/mol. The molecule has 23 heavy (non-hydrogen) atoms. The van der Waals surface area contributed by atoms with Gasteiger partial charge in [0.15, 0.2) is 0 Å². The van der Waals surface area contributed by atoms with Gasteiger partial charge < -0.3 is 19.3 Å². The minimum atomic E-state index is 0.128. The lowest BCUT2D eigenvalue weighted by Gasteiger charge is -2.37. The molecule has 0 radical (unpaired) electrons. The molecule has 1 amide bonds. The first-order chi connectivity index (χ1) is 11.3. The van der Waals surface area contributed by atoms with Gasteiger partial charge in [-0.25, -0.2) is 0 Å². The summed E-state index contributed by atoms with van der Waals surface area (Å²) in [5.74, 6) is 1.12. The fourth-order valence-electron chi connectivity index (χ4n) is 3.38. The van der Waals surface area contributed by atoms with Gasteiger partial charge in [0.1, 0.15) is 5.75 Å². The molecule has 1 aromatic rings. The van der Waals surface area contributed by atoms with Gasteiger partial charge in [-0.1, -0.05) is 12.1 Å². The van der Waals surface area contributed by atoms with Gasteiger partial charge in [0.2, 0.25) is 5.91 Å². The largest absolute Gasteiger partial charge is 0.495 e. The lowest BCUT2D eigenvalue weighted by atomic mass is 10.1. The second-order valence-electron chi connectivity index (χ2n) is 6.23. The van der Waals surface area contributed by atoms with Crippen molar-refractivity contribution in [1.29, 1.82) is 0 Å². The molecule has 2 aliphatic heterocycles. The highest BCUT2D eigenvalue weighted by Gasteiger charge is 2.25. The molecule has 2 fully saturated rings. The molecule has 126 valence electrons. The van der Waals surface area contributed by atoms with Crippen LogP contribution in [0.25, 0.3) is 0 Å². The lowest BCUT2D eigenvalue weighted by Crippen LogP contribution is -2.49. The number of ether oxygens (including phenoxy) is 2. The number of amides is 1. The van der Waals surface area contributed by atoms with E-state index in [9.17, 15) is 4.79 Å². The Bertz CT molecular complexity index is 521. The van der Waals surface area contributed by atoms with Gasteiger partial charge in [-0.2, -0.15) is 0 Å². The number of anilines is 1. The molecule has 0 N–H and O–H groups in total. The third-order valence-corrected chi connectivity index (χ3v) is 4.73. The maximum Gasteiger partial charge on any atom is 0.225 e. The average Bonchev–Trinajstić information content (AvgIpc) is 2.62. The molecule has 0 aliphatic carbocycles. The number of methoxy groups -OCH3 is 1. The fourth-order valence-corrected chi connectivity index (χ4v) is 3.38. The predicted octanol–water partition coefficient (Wildman–Crippen LogP) is 2.30. The first-order valence-electron chi connectivity index (χ1n) is 8.55. The van der Waals surface area contributed by atoms with Crippen LogP contribution < -0.4 is 9.64 Å². The normalized spacial score (nSPS) is 22.0.